The summed E-state index contributed by atoms with van der Waals surface area (Å²) in [6.07, 6.45) is 3.27. The number of fused-ring (bicyclic) bond motifs is 6. The van der Waals surface area contributed by atoms with Crippen molar-refractivity contribution >= 4 is 0 Å². The molecular formula is C37H50O3. The summed E-state index contributed by atoms with van der Waals surface area (Å²) >= 11 is 0. The normalized spacial score (nSPS) is 14.1. The highest BCUT2D eigenvalue weighted by Crippen LogP contribution is 2.41. The zero-order valence-corrected chi connectivity index (χ0v) is 27.0. The second-order valence-corrected chi connectivity index (χ2v) is 14.6. The molecule has 0 spiro atoms. The highest BCUT2D eigenvalue weighted by molar-refractivity contribution is 5.57. The Labute approximate surface area is 243 Å². The monoisotopic (exact) mass is 542 g/mol. The van der Waals surface area contributed by atoms with Crippen molar-refractivity contribution in [3.05, 3.63) is 86.5 Å². The zero-order valence-electron chi connectivity index (χ0n) is 27.0. The fraction of sp³-hybridized carbons (Fsp3) is 0.514. The van der Waals surface area contributed by atoms with Crippen LogP contribution in [0.2, 0.25) is 0 Å². The van der Waals surface area contributed by atoms with Gasteiger partial charge in [-0.15, -0.1) is 0 Å². The van der Waals surface area contributed by atoms with Crippen LogP contribution in [0.15, 0.2) is 36.4 Å². The molecule has 216 valence electrons. The molecule has 40 heavy (non-hydrogen) atoms. The summed E-state index contributed by atoms with van der Waals surface area (Å²) in [7, 11) is 5.42. The Hall–Kier alpha value is -2.94. The van der Waals surface area contributed by atoms with Gasteiger partial charge in [0.25, 0.3) is 0 Å². The van der Waals surface area contributed by atoms with Gasteiger partial charge in [0.2, 0.25) is 0 Å². The van der Waals surface area contributed by atoms with Crippen molar-refractivity contribution in [1.29, 1.82) is 0 Å². The molecule has 0 radical (unpaired) electrons. The smallest absolute Gasteiger partial charge is 0.125 e. The van der Waals surface area contributed by atoms with E-state index < -0.39 is 0 Å². The van der Waals surface area contributed by atoms with Crippen molar-refractivity contribution in [3.63, 3.8) is 0 Å². The summed E-state index contributed by atoms with van der Waals surface area (Å²) in [5.41, 5.74) is 11.3. The van der Waals surface area contributed by atoms with E-state index in [9.17, 15) is 0 Å². The fourth-order valence-electron chi connectivity index (χ4n) is 5.93. The van der Waals surface area contributed by atoms with E-state index in [-0.39, 0.29) is 16.2 Å². The van der Waals surface area contributed by atoms with Crippen LogP contribution < -0.4 is 14.2 Å². The molecule has 0 saturated carbocycles. The molecule has 1 aliphatic rings. The van der Waals surface area contributed by atoms with Crippen LogP contribution in [-0.2, 0) is 41.9 Å². The van der Waals surface area contributed by atoms with Crippen LogP contribution in [0.3, 0.4) is 0 Å². The van der Waals surface area contributed by atoms with Gasteiger partial charge in [0.05, 0.1) is 21.3 Å². The second kappa shape index (κ2) is 10.8. The van der Waals surface area contributed by atoms with E-state index in [0.29, 0.717) is 0 Å². The van der Waals surface area contributed by atoms with Gasteiger partial charge in [-0.1, -0.05) is 98.7 Å². The molecule has 6 bridgehead atoms. The number of rotatable bonds is 3. The third-order valence-electron chi connectivity index (χ3n) is 8.36. The third kappa shape index (κ3) is 6.04. The van der Waals surface area contributed by atoms with Crippen molar-refractivity contribution in [2.24, 2.45) is 0 Å². The lowest BCUT2D eigenvalue weighted by Crippen LogP contribution is -2.15. The van der Waals surface area contributed by atoms with Crippen LogP contribution in [0.1, 0.15) is 112 Å². The minimum atomic E-state index is -0.00522. The lowest BCUT2D eigenvalue weighted by Gasteiger charge is -2.26. The van der Waals surface area contributed by atoms with E-state index in [4.69, 9.17) is 14.2 Å². The minimum absolute atomic E-state index is 0.00522. The summed E-state index contributed by atoms with van der Waals surface area (Å²) in [6.45, 7) is 20.6. The Morgan fingerprint density at radius 1 is 0.400 bits per heavy atom. The molecular weight excluding hydrogens is 492 g/mol. The van der Waals surface area contributed by atoms with Gasteiger partial charge in [-0.2, -0.15) is 0 Å². The van der Waals surface area contributed by atoms with E-state index in [2.05, 4.69) is 98.7 Å². The van der Waals surface area contributed by atoms with E-state index in [1.807, 2.05) is 14.2 Å². The highest BCUT2D eigenvalue weighted by Gasteiger charge is 2.26. The first kappa shape index (κ1) is 30.0. The molecule has 0 N–H and O–H groups in total. The SMILES string of the molecule is COc1c2cc(C(C)(C)C)cc1Cc1cc(C(C)(C)C)cc(c1OC)Cc1cc(C(C)(C)C)cc(c1OC)CC2. The molecule has 0 saturated heterocycles. The van der Waals surface area contributed by atoms with Crippen molar-refractivity contribution in [1.82, 2.24) is 0 Å². The molecule has 3 aromatic rings. The van der Waals surface area contributed by atoms with Crippen LogP contribution in [0, 0.1) is 0 Å². The third-order valence-corrected chi connectivity index (χ3v) is 8.36. The van der Waals surface area contributed by atoms with E-state index in [0.717, 1.165) is 42.9 Å². The second-order valence-electron chi connectivity index (χ2n) is 14.6. The minimum Gasteiger partial charge on any atom is -0.496 e. The maximum atomic E-state index is 6.23. The maximum absolute atomic E-state index is 6.23. The Morgan fingerprint density at radius 3 is 0.850 bits per heavy atom. The Bertz CT molecular complexity index is 1290. The Balaban J connectivity index is 2.13. The molecule has 0 amide bonds. The molecule has 3 aromatic carbocycles. The topological polar surface area (TPSA) is 27.7 Å². The van der Waals surface area contributed by atoms with Gasteiger partial charge in [0, 0.05) is 12.8 Å². The number of ether oxygens (including phenoxy) is 3. The molecule has 3 heteroatoms. The number of hydrogen-bond donors (Lipinski definition) is 0. The van der Waals surface area contributed by atoms with Crippen molar-refractivity contribution in [3.8, 4) is 17.2 Å². The van der Waals surface area contributed by atoms with Crippen LogP contribution in [-0.4, -0.2) is 21.3 Å². The van der Waals surface area contributed by atoms with E-state index >= 15 is 0 Å². The van der Waals surface area contributed by atoms with Gasteiger partial charge in [-0.05, 0) is 79.2 Å². The molecule has 0 heterocycles. The van der Waals surface area contributed by atoms with Crippen molar-refractivity contribution < 1.29 is 14.2 Å². The average molecular weight is 543 g/mol. The zero-order chi connectivity index (χ0) is 29.6. The predicted molar refractivity (Wildman–Crippen MR) is 168 cm³/mol. The number of methoxy groups -OCH3 is 3. The molecule has 1 aliphatic carbocycles. The standard InChI is InChI=1S/C37H50O3/c1-35(2,3)29-17-23-13-14-24-18-30(36(4,5)6)20-26(33(24)39-11)16-28-22-31(37(7,8)9)21-27(34(28)40-12)15-25(19-29)32(23)38-10/h17-22H,13-16H2,1-12H3. The molecule has 0 atom stereocenters. The van der Waals surface area contributed by atoms with Gasteiger partial charge >= 0.3 is 0 Å². The summed E-state index contributed by atoms with van der Waals surface area (Å²) in [5, 5.41) is 0. The van der Waals surface area contributed by atoms with Gasteiger partial charge < -0.3 is 14.2 Å². The lowest BCUT2D eigenvalue weighted by atomic mass is 9.81. The van der Waals surface area contributed by atoms with Crippen LogP contribution in [0.4, 0.5) is 0 Å². The molecule has 3 nitrogen and oxygen atoms in total. The Kier molecular flexibility index (Phi) is 8.11. The molecule has 0 aliphatic heterocycles. The maximum Gasteiger partial charge on any atom is 0.125 e. The van der Waals surface area contributed by atoms with E-state index in [1.54, 1.807) is 7.11 Å². The summed E-state index contributed by atoms with van der Waals surface area (Å²) < 4.78 is 18.6. The molecule has 0 fully saturated rings. The van der Waals surface area contributed by atoms with Gasteiger partial charge in [0.15, 0.2) is 0 Å². The van der Waals surface area contributed by atoms with Gasteiger partial charge in [0.1, 0.15) is 17.2 Å². The first-order valence-electron chi connectivity index (χ1n) is 14.7. The van der Waals surface area contributed by atoms with Gasteiger partial charge in [-0.3, -0.25) is 0 Å². The quantitative estimate of drug-likeness (QED) is 0.331. The summed E-state index contributed by atoms with van der Waals surface area (Å²) in [4.78, 5) is 0. The number of benzene rings is 3. The van der Waals surface area contributed by atoms with Crippen LogP contribution in [0.25, 0.3) is 0 Å². The van der Waals surface area contributed by atoms with Crippen LogP contribution >= 0.6 is 0 Å². The first-order chi connectivity index (χ1) is 18.6. The molecule has 4 rings (SSSR count). The van der Waals surface area contributed by atoms with Crippen LogP contribution in [0.5, 0.6) is 17.2 Å². The van der Waals surface area contributed by atoms with Gasteiger partial charge in [-0.25, -0.2) is 0 Å². The first-order valence-corrected chi connectivity index (χ1v) is 14.7. The largest absolute Gasteiger partial charge is 0.496 e. The summed E-state index contributed by atoms with van der Waals surface area (Å²) in [5.74, 6) is 2.94. The lowest BCUT2D eigenvalue weighted by molar-refractivity contribution is 0.399. The van der Waals surface area contributed by atoms with Crippen molar-refractivity contribution in [2.75, 3.05) is 21.3 Å². The predicted octanol–water partition coefficient (Wildman–Crippen LogP) is 8.89. The summed E-state index contributed by atoms with van der Waals surface area (Å²) in [6, 6.07) is 14.1. The average Bonchev–Trinajstić information content (AvgIpc) is 2.84. The highest BCUT2D eigenvalue weighted by atomic mass is 16.5. The fourth-order valence-corrected chi connectivity index (χ4v) is 5.93. The number of hydrogen-bond acceptors (Lipinski definition) is 3. The Morgan fingerprint density at radius 2 is 0.625 bits per heavy atom. The molecule has 0 unspecified atom stereocenters. The number of aryl methyl sites for hydroxylation is 2. The van der Waals surface area contributed by atoms with E-state index in [1.165, 1.54) is 50.1 Å². The molecule has 0 aromatic heterocycles. The van der Waals surface area contributed by atoms with Crippen molar-refractivity contribution in [2.45, 2.75) is 104 Å².